The molecule has 0 spiro atoms. The van der Waals surface area contributed by atoms with Crippen LogP contribution >= 0.6 is 0 Å². The number of rotatable bonds is 3. The summed E-state index contributed by atoms with van der Waals surface area (Å²) in [6.07, 6.45) is 2.55. The number of benzene rings is 1. The van der Waals surface area contributed by atoms with E-state index in [2.05, 4.69) is 54.5 Å². The summed E-state index contributed by atoms with van der Waals surface area (Å²) >= 11 is 0. The van der Waals surface area contributed by atoms with E-state index < -0.39 is 0 Å². The van der Waals surface area contributed by atoms with Gasteiger partial charge >= 0.3 is 0 Å². The predicted molar refractivity (Wildman–Crippen MR) is 68.5 cm³/mol. The molecular weight excluding hydrogens is 196 g/mol. The Balaban J connectivity index is 1.99. The first-order valence-electron chi connectivity index (χ1n) is 6.30. The average molecular weight is 218 g/mol. The summed E-state index contributed by atoms with van der Waals surface area (Å²) in [5.41, 5.74) is 1.42. The lowest BCUT2D eigenvalue weighted by Crippen LogP contribution is -2.50. The van der Waals surface area contributed by atoms with Gasteiger partial charge < -0.3 is 5.32 Å². The Labute approximate surface area is 98.7 Å². The van der Waals surface area contributed by atoms with Crippen molar-refractivity contribution >= 4 is 0 Å². The highest BCUT2D eigenvalue weighted by Gasteiger charge is 2.25. The molecule has 0 aromatic heterocycles. The van der Waals surface area contributed by atoms with E-state index in [1.54, 1.807) is 0 Å². The van der Waals surface area contributed by atoms with Gasteiger partial charge in [0.05, 0.1) is 0 Å². The molecule has 0 amide bonds. The zero-order chi connectivity index (χ0) is 11.4. The van der Waals surface area contributed by atoms with Crippen molar-refractivity contribution in [3.05, 3.63) is 35.9 Å². The van der Waals surface area contributed by atoms with Gasteiger partial charge in [0, 0.05) is 25.2 Å². The molecule has 1 aliphatic rings. The van der Waals surface area contributed by atoms with Gasteiger partial charge in [0.1, 0.15) is 0 Å². The second kappa shape index (κ2) is 5.46. The van der Waals surface area contributed by atoms with E-state index in [4.69, 9.17) is 0 Å². The Hall–Kier alpha value is -0.860. The number of nitrogens with zero attached hydrogens (tertiary/aromatic N) is 1. The van der Waals surface area contributed by atoms with Crippen LogP contribution in [-0.2, 0) is 0 Å². The summed E-state index contributed by atoms with van der Waals surface area (Å²) in [5.74, 6) is 0. The molecule has 1 aromatic carbocycles. The van der Waals surface area contributed by atoms with Crippen LogP contribution in [0.4, 0.5) is 0 Å². The van der Waals surface area contributed by atoms with Crippen LogP contribution in [0.1, 0.15) is 31.4 Å². The zero-order valence-corrected chi connectivity index (χ0v) is 10.3. The lowest BCUT2D eigenvalue weighted by Gasteiger charge is -2.38. The Morgan fingerprint density at radius 2 is 2.06 bits per heavy atom. The average Bonchev–Trinajstić information content (AvgIpc) is 2.31. The highest BCUT2D eigenvalue weighted by Crippen LogP contribution is 2.22. The molecule has 0 radical (unpaired) electrons. The van der Waals surface area contributed by atoms with Crippen LogP contribution in [0, 0.1) is 0 Å². The number of likely N-dealkylation sites (N-methyl/N-ethyl adjacent to an activating group) is 1. The first kappa shape index (κ1) is 11.6. The Kier molecular flexibility index (Phi) is 3.97. The van der Waals surface area contributed by atoms with Crippen LogP contribution in [0.15, 0.2) is 30.3 Å². The van der Waals surface area contributed by atoms with Crippen molar-refractivity contribution in [1.82, 2.24) is 10.2 Å². The standard InChI is InChI=1S/C14H22N2/c1-3-7-13-11-16(2)14(10-15-13)12-8-5-4-6-9-12/h4-6,8-9,13-15H,3,7,10-11H2,1-2H3. The quantitative estimate of drug-likeness (QED) is 0.838. The predicted octanol–water partition coefficient (Wildman–Crippen LogP) is 2.43. The van der Waals surface area contributed by atoms with E-state index in [1.165, 1.54) is 18.4 Å². The maximum atomic E-state index is 3.66. The Morgan fingerprint density at radius 1 is 1.31 bits per heavy atom. The third kappa shape index (κ3) is 2.63. The maximum Gasteiger partial charge on any atom is 0.0470 e. The molecule has 0 aliphatic carbocycles. The fraction of sp³-hybridized carbons (Fsp3) is 0.571. The van der Waals surface area contributed by atoms with E-state index >= 15 is 0 Å². The molecule has 1 saturated heterocycles. The monoisotopic (exact) mass is 218 g/mol. The molecule has 0 saturated carbocycles. The van der Waals surface area contributed by atoms with Crippen molar-refractivity contribution in [3.63, 3.8) is 0 Å². The van der Waals surface area contributed by atoms with Gasteiger partial charge in [-0.25, -0.2) is 0 Å². The topological polar surface area (TPSA) is 15.3 Å². The molecule has 2 heteroatoms. The molecule has 16 heavy (non-hydrogen) atoms. The van der Waals surface area contributed by atoms with Crippen LogP contribution in [0.2, 0.25) is 0 Å². The van der Waals surface area contributed by atoms with Crippen molar-refractivity contribution < 1.29 is 0 Å². The van der Waals surface area contributed by atoms with Gasteiger partial charge in [-0.3, -0.25) is 4.90 Å². The smallest absolute Gasteiger partial charge is 0.0470 e. The lowest BCUT2D eigenvalue weighted by atomic mass is 10.0. The van der Waals surface area contributed by atoms with Crippen molar-refractivity contribution in [2.75, 3.05) is 20.1 Å². The van der Waals surface area contributed by atoms with Gasteiger partial charge in [-0.05, 0) is 19.0 Å². The van der Waals surface area contributed by atoms with E-state index in [0.29, 0.717) is 12.1 Å². The van der Waals surface area contributed by atoms with Gasteiger partial charge in [0.15, 0.2) is 0 Å². The fourth-order valence-corrected chi connectivity index (χ4v) is 2.56. The lowest BCUT2D eigenvalue weighted by molar-refractivity contribution is 0.159. The number of hydrogen-bond donors (Lipinski definition) is 1. The molecule has 1 aliphatic heterocycles. The van der Waals surface area contributed by atoms with Crippen LogP contribution in [0.3, 0.4) is 0 Å². The van der Waals surface area contributed by atoms with Gasteiger partial charge in [-0.2, -0.15) is 0 Å². The van der Waals surface area contributed by atoms with Crippen LogP contribution in [-0.4, -0.2) is 31.1 Å². The second-order valence-electron chi connectivity index (χ2n) is 4.76. The summed E-state index contributed by atoms with van der Waals surface area (Å²) < 4.78 is 0. The molecule has 2 unspecified atom stereocenters. The van der Waals surface area contributed by atoms with Crippen molar-refractivity contribution in [3.8, 4) is 0 Å². The SMILES string of the molecule is CCCC1CN(C)C(c2ccccc2)CN1. The fourth-order valence-electron chi connectivity index (χ4n) is 2.56. The van der Waals surface area contributed by atoms with E-state index in [0.717, 1.165) is 13.1 Å². The van der Waals surface area contributed by atoms with Gasteiger partial charge in [-0.1, -0.05) is 43.7 Å². The summed E-state index contributed by atoms with van der Waals surface area (Å²) in [4.78, 5) is 2.48. The number of piperazine rings is 1. The van der Waals surface area contributed by atoms with Crippen molar-refractivity contribution in [2.45, 2.75) is 31.8 Å². The zero-order valence-electron chi connectivity index (χ0n) is 10.3. The van der Waals surface area contributed by atoms with Crippen LogP contribution in [0.25, 0.3) is 0 Å². The molecule has 0 bridgehead atoms. The summed E-state index contributed by atoms with van der Waals surface area (Å²) in [5, 5.41) is 3.66. The third-order valence-corrected chi connectivity index (χ3v) is 3.46. The minimum atomic E-state index is 0.536. The molecular formula is C14H22N2. The van der Waals surface area contributed by atoms with Gasteiger partial charge in [0.25, 0.3) is 0 Å². The molecule has 2 atom stereocenters. The second-order valence-corrected chi connectivity index (χ2v) is 4.76. The number of hydrogen-bond acceptors (Lipinski definition) is 2. The molecule has 1 fully saturated rings. The van der Waals surface area contributed by atoms with Crippen LogP contribution in [0.5, 0.6) is 0 Å². The minimum Gasteiger partial charge on any atom is -0.311 e. The normalized spacial score (nSPS) is 26.9. The molecule has 1 N–H and O–H groups in total. The molecule has 2 nitrogen and oxygen atoms in total. The van der Waals surface area contributed by atoms with E-state index in [1.807, 2.05) is 0 Å². The maximum absolute atomic E-state index is 3.66. The molecule has 2 rings (SSSR count). The highest BCUT2D eigenvalue weighted by atomic mass is 15.2. The Bertz CT molecular complexity index is 310. The first-order chi connectivity index (χ1) is 7.81. The van der Waals surface area contributed by atoms with Gasteiger partial charge in [-0.15, -0.1) is 0 Å². The molecule has 1 aromatic rings. The number of nitrogens with one attached hydrogen (secondary N) is 1. The third-order valence-electron chi connectivity index (χ3n) is 3.46. The van der Waals surface area contributed by atoms with Crippen molar-refractivity contribution in [1.29, 1.82) is 0 Å². The summed E-state index contributed by atoms with van der Waals surface area (Å²) in [7, 11) is 2.24. The summed E-state index contributed by atoms with van der Waals surface area (Å²) in [6, 6.07) is 12.0. The van der Waals surface area contributed by atoms with E-state index in [-0.39, 0.29) is 0 Å². The summed E-state index contributed by atoms with van der Waals surface area (Å²) in [6.45, 7) is 4.49. The minimum absolute atomic E-state index is 0.536. The molecule has 1 heterocycles. The van der Waals surface area contributed by atoms with Gasteiger partial charge in [0.2, 0.25) is 0 Å². The van der Waals surface area contributed by atoms with Crippen LogP contribution < -0.4 is 5.32 Å². The first-order valence-corrected chi connectivity index (χ1v) is 6.30. The Morgan fingerprint density at radius 3 is 2.69 bits per heavy atom. The van der Waals surface area contributed by atoms with E-state index in [9.17, 15) is 0 Å². The highest BCUT2D eigenvalue weighted by molar-refractivity contribution is 5.20. The molecule has 88 valence electrons. The van der Waals surface area contributed by atoms with Crippen molar-refractivity contribution in [2.24, 2.45) is 0 Å². The largest absolute Gasteiger partial charge is 0.311 e.